The van der Waals surface area contributed by atoms with Gasteiger partial charge in [0.1, 0.15) is 5.76 Å². The van der Waals surface area contributed by atoms with E-state index in [0.29, 0.717) is 12.6 Å². The van der Waals surface area contributed by atoms with Gasteiger partial charge in [0.2, 0.25) is 0 Å². The molecule has 1 unspecified atom stereocenters. The Morgan fingerprint density at radius 3 is 3.00 bits per heavy atom. The van der Waals surface area contributed by atoms with Crippen molar-refractivity contribution in [3.8, 4) is 0 Å². The number of hydrogen-bond donors (Lipinski definition) is 1. The Balaban J connectivity index is 1.95. The SMILES string of the molecule is CC1CN(Cc2occc2CN)CCN1C. The molecule has 1 aliphatic heterocycles. The van der Waals surface area contributed by atoms with Gasteiger partial charge in [-0.05, 0) is 20.0 Å². The quantitative estimate of drug-likeness (QED) is 0.826. The molecule has 1 fully saturated rings. The maximum atomic E-state index is 5.66. The molecular weight excluding hydrogens is 202 g/mol. The number of likely N-dealkylation sites (N-methyl/N-ethyl adjacent to an activating group) is 1. The molecule has 0 spiro atoms. The van der Waals surface area contributed by atoms with E-state index in [1.807, 2.05) is 6.07 Å². The van der Waals surface area contributed by atoms with E-state index in [-0.39, 0.29) is 0 Å². The van der Waals surface area contributed by atoms with Gasteiger partial charge >= 0.3 is 0 Å². The average molecular weight is 223 g/mol. The first-order valence-electron chi connectivity index (χ1n) is 5.88. The molecule has 0 saturated carbocycles. The van der Waals surface area contributed by atoms with Gasteiger partial charge < -0.3 is 15.1 Å². The number of nitrogens with zero attached hydrogens (tertiary/aromatic N) is 2. The van der Waals surface area contributed by atoms with Crippen LogP contribution in [-0.4, -0.2) is 42.5 Å². The van der Waals surface area contributed by atoms with E-state index in [1.165, 1.54) is 0 Å². The number of piperazine rings is 1. The van der Waals surface area contributed by atoms with Crippen molar-refractivity contribution in [2.75, 3.05) is 26.7 Å². The second-order valence-corrected chi connectivity index (χ2v) is 4.64. The van der Waals surface area contributed by atoms with Crippen molar-refractivity contribution in [1.82, 2.24) is 9.80 Å². The highest BCUT2D eigenvalue weighted by Crippen LogP contribution is 2.15. The van der Waals surface area contributed by atoms with Gasteiger partial charge in [-0.3, -0.25) is 4.90 Å². The van der Waals surface area contributed by atoms with Crippen LogP contribution in [0.15, 0.2) is 16.7 Å². The Labute approximate surface area is 97.0 Å². The Bertz CT molecular complexity index is 337. The van der Waals surface area contributed by atoms with Crippen molar-refractivity contribution in [3.63, 3.8) is 0 Å². The van der Waals surface area contributed by atoms with Gasteiger partial charge in [-0.15, -0.1) is 0 Å². The van der Waals surface area contributed by atoms with Crippen LogP contribution in [0, 0.1) is 0 Å². The van der Waals surface area contributed by atoms with Crippen molar-refractivity contribution in [3.05, 3.63) is 23.7 Å². The molecule has 0 amide bonds. The minimum Gasteiger partial charge on any atom is -0.468 e. The van der Waals surface area contributed by atoms with E-state index in [0.717, 1.165) is 37.5 Å². The van der Waals surface area contributed by atoms with Crippen LogP contribution in [0.1, 0.15) is 18.2 Å². The molecule has 0 radical (unpaired) electrons. The second-order valence-electron chi connectivity index (χ2n) is 4.64. The van der Waals surface area contributed by atoms with Crippen LogP contribution in [0.4, 0.5) is 0 Å². The normalized spacial score (nSPS) is 23.8. The van der Waals surface area contributed by atoms with E-state index in [1.54, 1.807) is 6.26 Å². The Kier molecular flexibility index (Phi) is 3.63. The molecule has 0 aliphatic carbocycles. The summed E-state index contributed by atoms with van der Waals surface area (Å²) in [6.07, 6.45) is 1.73. The molecule has 1 aromatic rings. The monoisotopic (exact) mass is 223 g/mol. The van der Waals surface area contributed by atoms with Crippen LogP contribution in [0.3, 0.4) is 0 Å². The predicted octanol–water partition coefficient (Wildman–Crippen LogP) is 0.874. The van der Waals surface area contributed by atoms with Crippen molar-refractivity contribution >= 4 is 0 Å². The standard InChI is InChI=1S/C12H21N3O/c1-10-8-15(5-4-14(10)2)9-12-11(7-13)3-6-16-12/h3,6,10H,4-5,7-9,13H2,1-2H3. The largest absolute Gasteiger partial charge is 0.468 e. The highest BCUT2D eigenvalue weighted by molar-refractivity contribution is 5.16. The third-order valence-electron chi connectivity index (χ3n) is 3.47. The van der Waals surface area contributed by atoms with Crippen LogP contribution in [0.5, 0.6) is 0 Å². The summed E-state index contributed by atoms with van der Waals surface area (Å²) < 4.78 is 5.49. The van der Waals surface area contributed by atoms with E-state index >= 15 is 0 Å². The maximum absolute atomic E-state index is 5.66. The molecule has 4 nitrogen and oxygen atoms in total. The summed E-state index contributed by atoms with van der Waals surface area (Å²) in [6, 6.07) is 2.58. The smallest absolute Gasteiger partial charge is 0.122 e. The molecule has 2 heterocycles. The molecule has 2 N–H and O–H groups in total. The molecule has 1 atom stereocenters. The zero-order valence-corrected chi connectivity index (χ0v) is 10.1. The first-order valence-corrected chi connectivity index (χ1v) is 5.88. The van der Waals surface area contributed by atoms with Crippen molar-refractivity contribution < 1.29 is 4.42 Å². The van der Waals surface area contributed by atoms with Crippen molar-refractivity contribution in [1.29, 1.82) is 0 Å². The fourth-order valence-electron chi connectivity index (χ4n) is 2.16. The van der Waals surface area contributed by atoms with Crippen LogP contribution in [0.2, 0.25) is 0 Å². The second kappa shape index (κ2) is 4.99. The molecule has 2 rings (SSSR count). The summed E-state index contributed by atoms with van der Waals surface area (Å²) in [7, 11) is 2.18. The fourth-order valence-corrected chi connectivity index (χ4v) is 2.16. The molecule has 4 heteroatoms. The van der Waals surface area contributed by atoms with Gasteiger partial charge in [0, 0.05) is 37.8 Å². The van der Waals surface area contributed by atoms with Crippen LogP contribution < -0.4 is 5.73 Å². The lowest BCUT2D eigenvalue weighted by Gasteiger charge is -2.37. The van der Waals surface area contributed by atoms with Crippen LogP contribution in [-0.2, 0) is 13.1 Å². The Morgan fingerprint density at radius 1 is 1.50 bits per heavy atom. The molecule has 0 bridgehead atoms. The lowest BCUT2D eigenvalue weighted by atomic mass is 10.2. The van der Waals surface area contributed by atoms with E-state index < -0.39 is 0 Å². The average Bonchev–Trinajstić information content (AvgIpc) is 2.71. The third kappa shape index (κ3) is 2.45. The Morgan fingerprint density at radius 2 is 2.31 bits per heavy atom. The zero-order valence-electron chi connectivity index (χ0n) is 10.1. The molecule has 1 aliphatic rings. The summed E-state index contributed by atoms with van der Waals surface area (Å²) in [5.74, 6) is 1.03. The minimum absolute atomic E-state index is 0.565. The third-order valence-corrected chi connectivity index (χ3v) is 3.47. The summed E-state index contributed by atoms with van der Waals surface area (Å²) in [4.78, 5) is 4.82. The first kappa shape index (κ1) is 11.6. The highest BCUT2D eigenvalue weighted by Gasteiger charge is 2.21. The van der Waals surface area contributed by atoms with E-state index in [2.05, 4.69) is 23.8 Å². The predicted molar refractivity (Wildman–Crippen MR) is 64.0 cm³/mol. The van der Waals surface area contributed by atoms with Gasteiger partial charge in [-0.25, -0.2) is 0 Å². The van der Waals surface area contributed by atoms with Gasteiger partial charge in [0.25, 0.3) is 0 Å². The van der Waals surface area contributed by atoms with Gasteiger partial charge in [0.05, 0.1) is 12.8 Å². The van der Waals surface area contributed by atoms with Gasteiger partial charge in [-0.1, -0.05) is 0 Å². The zero-order chi connectivity index (χ0) is 11.5. The van der Waals surface area contributed by atoms with Gasteiger partial charge in [-0.2, -0.15) is 0 Å². The molecule has 90 valence electrons. The molecule has 16 heavy (non-hydrogen) atoms. The number of hydrogen-bond acceptors (Lipinski definition) is 4. The molecular formula is C12H21N3O. The highest BCUT2D eigenvalue weighted by atomic mass is 16.3. The number of rotatable bonds is 3. The number of nitrogens with two attached hydrogens (primary N) is 1. The topological polar surface area (TPSA) is 45.6 Å². The minimum atomic E-state index is 0.565. The lowest BCUT2D eigenvalue weighted by molar-refractivity contribution is 0.0944. The number of furan rings is 1. The first-order chi connectivity index (χ1) is 7.70. The molecule has 1 saturated heterocycles. The maximum Gasteiger partial charge on any atom is 0.122 e. The van der Waals surface area contributed by atoms with Crippen molar-refractivity contribution in [2.45, 2.75) is 26.1 Å². The van der Waals surface area contributed by atoms with Crippen molar-refractivity contribution in [2.24, 2.45) is 5.73 Å². The Hall–Kier alpha value is -0.840. The fraction of sp³-hybridized carbons (Fsp3) is 0.667. The summed E-state index contributed by atoms with van der Waals surface area (Å²) in [6.45, 7) is 7.04. The van der Waals surface area contributed by atoms with E-state index in [9.17, 15) is 0 Å². The molecule has 0 aromatic carbocycles. The molecule has 1 aromatic heterocycles. The van der Waals surface area contributed by atoms with Gasteiger partial charge in [0.15, 0.2) is 0 Å². The summed E-state index contributed by atoms with van der Waals surface area (Å²) in [5, 5.41) is 0. The van der Waals surface area contributed by atoms with E-state index in [4.69, 9.17) is 10.2 Å². The van der Waals surface area contributed by atoms with Crippen LogP contribution >= 0.6 is 0 Å². The summed E-state index contributed by atoms with van der Waals surface area (Å²) >= 11 is 0. The van der Waals surface area contributed by atoms with Crippen LogP contribution in [0.25, 0.3) is 0 Å². The summed E-state index contributed by atoms with van der Waals surface area (Å²) in [5.41, 5.74) is 6.79. The lowest BCUT2D eigenvalue weighted by Crippen LogP contribution is -2.49.